The van der Waals surface area contributed by atoms with Gasteiger partial charge in [0.25, 0.3) is 0 Å². The highest BCUT2D eigenvalue weighted by molar-refractivity contribution is 5.76. The van der Waals surface area contributed by atoms with E-state index >= 15 is 0 Å². The zero-order chi connectivity index (χ0) is 14.9. The van der Waals surface area contributed by atoms with Crippen LogP contribution in [-0.4, -0.2) is 23.2 Å². The molecule has 0 fully saturated rings. The van der Waals surface area contributed by atoms with Crippen LogP contribution in [-0.2, 0) is 11.2 Å². The van der Waals surface area contributed by atoms with E-state index in [4.69, 9.17) is 9.15 Å². The number of aliphatic carboxylic acids is 1. The lowest BCUT2D eigenvalue weighted by Crippen LogP contribution is -2.35. The van der Waals surface area contributed by atoms with Crippen molar-refractivity contribution >= 4 is 17.1 Å². The molecule has 1 aromatic heterocycles. The van der Waals surface area contributed by atoms with Gasteiger partial charge in [-0.3, -0.25) is 4.79 Å². The lowest BCUT2D eigenvalue weighted by molar-refractivity contribution is -0.150. The Labute approximate surface area is 117 Å². The van der Waals surface area contributed by atoms with Gasteiger partial charge < -0.3 is 14.3 Å². The summed E-state index contributed by atoms with van der Waals surface area (Å²) in [5.74, 6) is 0.269. The quantitative estimate of drug-likeness (QED) is 0.909. The molecule has 0 aliphatic carbocycles. The van der Waals surface area contributed by atoms with Crippen molar-refractivity contribution in [3.05, 3.63) is 24.1 Å². The standard InChI is InChI=1S/C15H19NO4/c1-9(2)15(3,14(17)18)8-13-16-11-7-10(19-4)5-6-12(11)20-13/h5-7,9H,8H2,1-4H3,(H,17,18). The van der Waals surface area contributed by atoms with Crippen LogP contribution in [0.4, 0.5) is 0 Å². The van der Waals surface area contributed by atoms with Crippen molar-refractivity contribution < 1.29 is 19.1 Å². The van der Waals surface area contributed by atoms with Crippen molar-refractivity contribution in [3.8, 4) is 5.75 Å². The van der Waals surface area contributed by atoms with Crippen molar-refractivity contribution in [2.45, 2.75) is 27.2 Å². The van der Waals surface area contributed by atoms with Crippen LogP contribution in [0.15, 0.2) is 22.6 Å². The van der Waals surface area contributed by atoms with E-state index in [1.807, 2.05) is 13.8 Å². The van der Waals surface area contributed by atoms with Gasteiger partial charge in [-0.15, -0.1) is 0 Å². The Balaban J connectivity index is 2.36. The summed E-state index contributed by atoms with van der Waals surface area (Å²) in [5.41, 5.74) is 0.415. The maximum atomic E-state index is 11.5. The van der Waals surface area contributed by atoms with E-state index in [-0.39, 0.29) is 12.3 Å². The topological polar surface area (TPSA) is 72.6 Å². The number of rotatable bonds is 5. The number of benzene rings is 1. The number of carboxylic acid groups (broad SMARTS) is 1. The summed E-state index contributed by atoms with van der Waals surface area (Å²) in [6, 6.07) is 5.34. The molecule has 1 aromatic carbocycles. The monoisotopic (exact) mass is 277 g/mol. The molecule has 20 heavy (non-hydrogen) atoms. The molecule has 0 aliphatic rings. The Kier molecular flexibility index (Phi) is 3.70. The van der Waals surface area contributed by atoms with E-state index in [0.29, 0.717) is 22.7 Å². The smallest absolute Gasteiger partial charge is 0.310 e. The summed E-state index contributed by atoms with van der Waals surface area (Å²) in [6.07, 6.45) is 0.261. The molecule has 0 amide bonds. The third-order valence-corrected chi connectivity index (χ3v) is 3.92. The van der Waals surface area contributed by atoms with Crippen LogP contribution in [0.1, 0.15) is 26.7 Å². The third-order valence-electron chi connectivity index (χ3n) is 3.92. The Morgan fingerprint density at radius 2 is 2.20 bits per heavy atom. The van der Waals surface area contributed by atoms with Crippen LogP contribution in [0.3, 0.4) is 0 Å². The van der Waals surface area contributed by atoms with E-state index in [9.17, 15) is 9.90 Å². The number of aromatic nitrogens is 1. The van der Waals surface area contributed by atoms with Crippen molar-refractivity contribution in [2.75, 3.05) is 7.11 Å². The first-order valence-corrected chi connectivity index (χ1v) is 6.53. The molecular weight excluding hydrogens is 258 g/mol. The average molecular weight is 277 g/mol. The minimum atomic E-state index is -0.898. The molecule has 2 rings (SSSR count). The lowest BCUT2D eigenvalue weighted by atomic mass is 9.76. The van der Waals surface area contributed by atoms with Crippen LogP contribution >= 0.6 is 0 Å². The lowest BCUT2D eigenvalue weighted by Gasteiger charge is -2.27. The first kappa shape index (κ1) is 14.4. The zero-order valence-corrected chi connectivity index (χ0v) is 12.1. The Bertz CT molecular complexity index is 632. The number of carbonyl (C=O) groups is 1. The van der Waals surface area contributed by atoms with Crippen molar-refractivity contribution in [3.63, 3.8) is 0 Å². The molecule has 0 saturated heterocycles. The van der Waals surface area contributed by atoms with Crippen LogP contribution in [0.5, 0.6) is 5.75 Å². The fourth-order valence-corrected chi connectivity index (χ4v) is 2.00. The summed E-state index contributed by atoms with van der Waals surface area (Å²) in [4.78, 5) is 15.9. The van der Waals surface area contributed by atoms with Gasteiger partial charge in [-0.25, -0.2) is 4.98 Å². The maximum Gasteiger partial charge on any atom is 0.310 e. The Morgan fingerprint density at radius 1 is 1.50 bits per heavy atom. The highest BCUT2D eigenvalue weighted by Crippen LogP contribution is 2.33. The molecule has 5 nitrogen and oxygen atoms in total. The van der Waals surface area contributed by atoms with Crippen LogP contribution in [0.2, 0.25) is 0 Å². The number of fused-ring (bicyclic) bond motifs is 1. The Morgan fingerprint density at radius 3 is 2.75 bits per heavy atom. The first-order valence-electron chi connectivity index (χ1n) is 6.53. The van der Waals surface area contributed by atoms with E-state index in [2.05, 4.69) is 4.98 Å². The van der Waals surface area contributed by atoms with Crippen molar-refractivity contribution in [1.82, 2.24) is 4.98 Å². The average Bonchev–Trinajstić information content (AvgIpc) is 2.78. The minimum Gasteiger partial charge on any atom is -0.497 e. The van der Waals surface area contributed by atoms with Crippen molar-refractivity contribution in [1.29, 1.82) is 0 Å². The number of oxazole rings is 1. The molecule has 0 saturated carbocycles. The molecule has 0 spiro atoms. The molecule has 1 N–H and O–H groups in total. The van der Waals surface area contributed by atoms with Gasteiger partial charge in [-0.1, -0.05) is 13.8 Å². The number of carboxylic acids is 1. The fraction of sp³-hybridized carbons (Fsp3) is 0.467. The second-order valence-corrected chi connectivity index (χ2v) is 5.50. The summed E-state index contributed by atoms with van der Waals surface area (Å²) < 4.78 is 10.8. The van der Waals surface area contributed by atoms with Gasteiger partial charge in [-0.2, -0.15) is 0 Å². The van der Waals surface area contributed by atoms with Gasteiger partial charge in [0.15, 0.2) is 11.5 Å². The van der Waals surface area contributed by atoms with Crippen molar-refractivity contribution in [2.24, 2.45) is 11.3 Å². The highest BCUT2D eigenvalue weighted by atomic mass is 16.5. The van der Waals surface area contributed by atoms with Gasteiger partial charge in [0, 0.05) is 12.5 Å². The maximum absolute atomic E-state index is 11.5. The van der Waals surface area contributed by atoms with Crippen LogP contribution in [0, 0.1) is 11.3 Å². The first-order chi connectivity index (χ1) is 9.36. The molecule has 108 valence electrons. The number of nitrogens with zero attached hydrogens (tertiary/aromatic N) is 1. The molecule has 1 unspecified atom stereocenters. The van der Waals surface area contributed by atoms with Gasteiger partial charge >= 0.3 is 5.97 Å². The molecule has 1 atom stereocenters. The van der Waals surface area contributed by atoms with Gasteiger partial charge in [0.2, 0.25) is 0 Å². The number of hydrogen-bond acceptors (Lipinski definition) is 4. The number of ether oxygens (including phenoxy) is 1. The van der Waals surface area contributed by atoms with E-state index in [1.165, 1.54) is 0 Å². The molecule has 2 aromatic rings. The van der Waals surface area contributed by atoms with Gasteiger partial charge in [-0.05, 0) is 25.0 Å². The fourth-order valence-electron chi connectivity index (χ4n) is 2.00. The molecule has 5 heteroatoms. The third kappa shape index (κ3) is 2.48. The second kappa shape index (κ2) is 5.15. The summed E-state index contributed by atoms with van der Waals surface area (Å²) in [7, 11) is 1.59. The predicted octanol–water partition coefficient (Wildman–Crippen LogP) is 3.13. The molecular formula is C15H19NO4. The van der Waals surface area contributed by atoms with Crippen LogP contribution < -0.4 is 4.74 Å². The largest absolute Gasteiger partial charge is 0.497 e. The second-order valence-electron chi connectivity index (χ2n) is 5.50. The van der Waals surface area contributed by atoms with E-state index in [1.54, 1.807) is 32.2 Å². The summed E-state index contributed by atoms with van der Waals surface area (Å²) in [5, 5.41) is 9.43. The molecule has 0 radical (unpaired) electrons. The van der Waals surface area contributed by atoms with E-state index in [0.717, 1.165) is 0 Å². The molecule has 0 aliphatic heterocycles. The summed E-state index contributed by atoms with van der Waals surface area (Å²) >= 11 is 0. The molecule has 0 bridgehead atoms. The van der Waals surface area contributed by atoms with Gasteiger partial charge in [0.1, 0.15) is 11.3 Å². The number of methoxy groups -OCH3 is 1. The minimum absolute atomic E-state index is 0.0236. The Hall–Kier alpha value is -2.04. The zero-order valence-electron chi connectivity index (χ0n) is 12.1. The van der Waals surface area contributed by atoms with Gasteiger partial charge in [0.05, 0.1) is 12.5 Å². The normalized spacial score (nSPS) is 14.4. The SMILES string of the molecule is COc1ccc2oc(CC(C)(C(=O)O)C(C)C)nc2c1. The van der Waals surface area contributed by atoms with Crippen LogP contribution in [0.25, 0.3) is 11.1 Å². The molecule has 1 heterocycles. The predicted molar refractivity (Wildman–Crippen MR) is 74.8 cm³/mol. The van der Waals surface area contributed by atoms with E-state index < -0.39 is 11.4 Å². The highest BCUT2D eigenvalue weighted by Gasteiger charge is 2.38. The number of hydrogen-bond donors (Lipinski definition) is 1. The summed E-state index contributed by atoms with van der Waals surface area (Å²) in [6.45, 7) is 5.50.